The minimum absolute atomic E-state index is 0.0407. The quantitative estimate of drug-likeness (QED) is 0.387. The molecule has 3 N–H and O–H groups in total. The van der Waals surface area contributed by atoms with Crippen LogP contribution in [0.15, 0.2) is 24.5 Å². The zero-order chi connectivity index (χ0) is 26.8. The van der Waals surface area contributed by atoms with E-state index in [-0.39, 0.29) is 25.0 Å². The van der Waals surface area contributed by atoms with Crippen molar-refractivity contribution in [2.24, 2.45) is 5.92 Å². The van der Waals surface area contributed by atoms with E-state index in [1.165, 1.54) is 26.3 Å². The van der Waals surface area contributed by atoms with Gasteiger partial charge in [-0.2, -0.15) is 0 Å². The molecule has 2 aliphatic rings. The standard InChI is InChI=1S/C27H33N5O6/c1-15-23(27(35)31-19-8-9-32(11-20(19)33)22(34)13-36-2)25-26(30-15)24(28-14-29-25)18-10-17(37-3)6-7-21(18)38-12-16-4-5-16/h6-7,10,14,16,19-20,30,33H,4-5,8-9,11-13H2,1-3H3,(H,31,35)/t19-,20+/m1/s1. The van der Waals surface area contributed by atoms with E-state index in [1.54, 1.807) is 18.9 Å². The van der Waals surface area contributed by atoms with E-state index in [4.69, 9.17) is 14.2 Å². The third-order valence-electron chi connectivity index (χ3n) is 7.13. The molecule has 3 aromatic rings. The number of β-amino-alcohol motifs (C(OH)–C–C–N with tert-alkyl or cyclic N) is 1. The van der Waals surface area contributed by atoms with Crippen LogP contribution in [0.4, 0.5) is 0 Å². The third-order valence-corrected chi connectivity index (χ3v) is 7.13. The maximum atomic E-state index is 13.4. The maximum Gasteiger partial charge on any atom is 0.255 e. The van der Waals surface area contributed by atoms with E-state index in [0.717, 1.165) is 5.56 Å². The van der Waals surface area contributed by atoms with Crippen LogP contribution in [-0.2, 0) is 9.53 Å². The minimum Gasteiger partial charge on any atom is -0.497 e. The molecular formula is C27H33N5O6. The topological polar surface area (TPSA) is 139 Å². The number of hydrogen-bond acceptors (Lipinski definition) is 8. The lowest BCUT2D eigenvalue weighted by atomic mass is 10.0. The summed E-state index contributed by atoms with van der Waals surface area (Å²) in [6, 6.07) is 5.09. The highest BCUT2D eigenvalue weighted by atomic mass is 16.5. The second-order valence-corrected chi connectivity index (χ2v) is 9.90. The molecule has 202 valence electrons. The van der Waals surface area contributed by atoms with Gasteiger partial charge in [0, 0.05) is 31.5 Å². The van der Waals surface area contributed by atoms with E-state index in [1.807, 2.05) is 18.2 Å². The number of benzene rings is 1. The van der Waals surface area contributed by atoms with Crippen molar-refractivity contribution in [3.8, 4) is 22.8 Å². The molecule has 11 nitrogen and oxygen atoms in total. The SMILES string of the molecule is COCC(=O)N1CC[C@@H](NC(=O)c2c(C)[nH]c3c(-c4cc(OC)ccc4OCC4CC4)ncnc23)[C@@H](O)C1. The fraction of sp³-hybridized carbons (Fsp3) is 0.481. The highest BCUT2D eigenvalue weighted by Gasteiger charge is 2.32. The first-order valence-corrected chi connectivity index (χ1v) is 12.8. The second-order valence-electron chi connectivity index (χ2n) is 9.90. The van der Waals surface area contributed by atoms with E-state index in [2.05, 4.69) is 20.3 Å². The summed E-state index contributed by atoms with van der Waals surface area (Å²) in [6.07, 6.45) is 3.31. The van der Waals surface area contributed by atoms with Crippen molar-refractivity contribution in [1.82, 2.24) is 25.2 Å². The molecule has 11 heteroatoms. The molecule has 1 aromatic carbocycles. The van der Waals surface area contributed by atoms with Crippen LogP contribution in [-0.4, -0.2) is 89.4 Å². The van der Waals surface area contributed by atoms with E-state index in [9.17, 15) is 14.7 Å². The van der Waals surface area contributed by atoms with Gasteiger partial charge in [-0.25, -0.2) is 9.97 Å². The van der Waals surface area contributed by atoms with Crippen LogP contribution in [0.1, 0.15) is 35.3 Å². The summed E-state index contributed by atoms with van der Waals surface area (Å²) in [5.41, 5.74) is 3.45. The summed E-state index contributed by atoms with van der Waals surface area (Å²) in [7, 11) is 3.06. The predicted molar refractivity (Wildman–Crippen MR) is 139 cm³/mol. The van der Waals surface area contributed by atoms with Gasteiger partial charge in [0.05, 0.1) is 36.9 Å². The molecule has 1 aliphatic heterocycles. The average molecular weight is 524 g/mol. The van der Waals surface area contributed by atoms with Gasteiger partial charge in [-0.3, -0.25) is 9.59 Å². The number of likely N-dealkylation sites (tertiary alicyclic amines) is 1. The van der Waals surface area contributed by atoms with Crippen LogP contribution in [0, 0.1) is 12.8 Å². The Morgan fingerprint density at radius 2 is 2.03 bits per heavy atom. The summed E-state index contributed by atoms with van der Waals surface area (Å²) in [5.74, 6) is 1.39. The molecule has 3 heterocycles. The van der Waals surface area contributed by atoms with Crippen LogP contribution < -0.4 is 14.8 Å². The molecule has 5 rings (SSSR count). The summed E-state index contributed by atoms with van der Waals surface area (Å²) in [5, 5.41) is 13.6. The number of nitrogens with one attached hydrogen (secondary N) is 2. The van der Waals surface area contributed by atoms with Crippen molar-refractivity contribution in [3.63, 3.8) is 0 Å². The number of hydrogen-bond donors (Lipinski definition) is 3. The fourth-order valence-corrected chi connectivity index (χ4v) is 4.82. The van der Waals surface area contributed by atoms with E-state index >= 15 is 0 Å². The van der Waals surface area contributed by atoms with Crippen LogP contribution >= 0.6 is 0 Å². The molecule has 2 fully saturated rings. The smallest absolute Gasteiger partial charge is 0.255 e. The van der Waals surface area contributed by atoms with Crippen molar-refractivity contribution in [2.75, 3.05) is 40.5 Å². The lowest BCUT2D eigenvalue weighted by molar-refractivity contribution is -0.138. The largest absolute Gasteiger partial charge is 0.497 e. The van der Waals surface area contributed by atoms with Crippen molar-refractivity contribution >= 4 is 22.8 Å². The van der Waals surface area contributed by atoms with Gasteiger partial charge in [-0.05, 0) is 50.3 Å². The highest BCUT2D eigenvalue weighted by Crippen LogP contribution is 2.38. The first-order chi connectivity index (χ1) is 18.4. The molecule has 2 aromatic heterocycles. The molecular weight excluding hydrogens is 490 g/mol. The number of rotatable bonds is 9. The van der Waals surface area contributed by atoms with Gasteiger partial charge in [0.1, 0.15) is 35.6 Å². The van der Waals surface area contributed by atoms with Crippen LogP contribution in [0.5, 0.6) is 11.5 Å². The first kappa shape index (κ1) is 25.9. The van der Waals surface area contributed by atoms with Gasteiger partial charge in [0.2, 0.25) is 5.91 Å². The number of aliphatic hydroxyl groups is 1. The number of H-pyrrole nitrogens is 1. The number of piperidine rings is 1. The molecule has 0 radical (unpaired) electrons. The third kappa shape index (κ3) is 5.30. The van der Waals surface area contributed by atoms with Crippen molar-refractivity contribution in [1.29, 1.82) is 0 Å². The lowest BCUT2D eigenvalue weighted by Gasteiger charge is -2.36. The Hall–Kier alpha value is -3.70. The van der Waals surface area contributed by atoms with Crippen molar-refractivity contribution < 1.29 is 28.9 Å². The molecule has 0 bridgehead atoms. The Labute approximate surface area is 220 Å². The van der Waals surface area contributed by atoms with Gasteiger partial charge < -0.3 is 34.5 Å². The van der Waals surface area contributed by atoms with Gasteiger partial charge in [0.25, 0.3) is 5.91 Å². The van der Waals surface area contributed by atoms with Gasteiger partial charge in [-0.15, -0.1) is 0 Å². The van der Waals surface area contributed by atoms with Crippen molar-refractivity contribution in [3.05, 3.63) is 35.8 Å². The Kier molecular flexibility index (Phi) is 7.48. The van der Waals surface area contributed by atoms with Crippen LogP contribution in [0.2, 0.25) is 0 Å². The summed E-state index contributed by atoms with van der Waals surface area (Å²) < 4.78 is 16.5. The fourth-order valence-electron chi connectivity index (χ4n) is 4.82. The number of aromatic nitrogens is 3. The number of aromatic amines is 1. The van der Waals surface area contributed by atoms with Crippen LogP contribution in [0.25, 0.3) is 22.3 Å². The zero-order valence-electron chi connectivity index (χ0n) is 21.8. The number of methoxy groups -OCH3 is 2. The Bertz CT molecular complexity index is 1340. The molecule has 1 aliphatic carbocycles. The first-order valence-electron chi connectivity index (χ1n) is 12.8. The average Bonchev–Trinajstić information content (AvgIpc) is 3.68. The van der Waals surface area contributed by atoms with Crippen LogP contribution in [0.3, 0.4) is 0 Å². The monoisotopic (exact) mass is 523 g/mol. The molecule has 1 saturated heterocycles. The van der Waals surface area contributed by atoms with Gasteiger partial charge in [0.15, 0.2) is 0 Å². The molecule has 0 spiro atoms. The van der Waals surface area contributed by atoms with E-state index in [0.29, 0.717) is 65.0 Å². The maximum absolute atomic E-state index is 13.4. The number of aryl methyl sites for hydroxylation is 1. The minimum atomic E-state index is -0.896. The normalized spacial score (nSPS) is 19.4. The van der Waals surface area contributed by atoms with Crippen molar-refractivity contribution in [2.45, 2.75) is 38.3 Å². The predicted octanol–water partition coefficient (Wildman–Crippen LogP) is 2.07. The number of carbonyl (C=O) groups is 2. The number of ether oxygens (including phenoxy) is 3. The molecule has 2 amide bonds. The Morgan fingerprint density at radius 3 is 2.74 bits per heavy atom. The number of fused-ring (bicyclic) bond motifs is 1. The second kappa shape index (κ2) is 11.0. The van der Waals surface area contributed by atoms with Gasteiger partial charge >= 0.3 is 0 Å². The number of nitrogens with zero attached hydrogens (tertiary/aromatic N) is 3. The van der Waals surface area contributed by atoms with E-state index < -0.39 is 12.1 Å². The summed E-state index contributed by atoms with van der Waals surface area (Å²) in [4.78, 5) is 39.3. The summed E-state index contributed by atoms with van der Waals surface area (Å²) in [6.45, 7) is 2.96. The molecule has 2 atom stereocenters. The highest BCUT2D eigenvalue weighted by molar-refractivity contribution is 6.09. The lowest BCUT2D eigenvalue weighted by Crippen LogP contribution is -2.55. The van der Waals surface area contributed by atoms with Gasteiger partial charge in [-0.1, -0.05) is 0 Å². The Balaban J connectivity index is 1.41. The molecule has 1 saturated carbocycles. The number of aliphatic hydroxyl groups excluding tert-OH is 1. The zero-order valence-corrected chi connectivity index (χ0v) is 21.8. The number of carbonyl (C=O) groups excluding carboxylic acids is 2. The summed E-state index contributed by atoms with van der Waals surface area (Å²) >= 11 is 0. The number of amides is 2. The molecule has 0 unspecified atom stereocenters. The Morgan fingerprint density at radius 1 is 1.21 bits per heavy atom. The molecule has 38 heavy (non-hydrogen) atoms.